The van der Waals surface area contributed by atoms with E-state index in [1.807, 2.05) is 13.8 Å². The van der Waals surface area contributed by atoms with E-state index in [-0.39, 0.29) is 17.9 Å². The highest BCUT2D eigenvalue weighted by molar-refractivity contribution is 5.76. The van der Waals surface area contributed by atoms with Crippen molar-refractivity contribution < 1.29 is 9.32 Å². The molecule has 7 heteroatoms. The molecule has 1 N–H and O–H groups in total. The second-order valence-electron chi connectivity index (χ2n) is 6.94. The van der Waals surface area contributed by atoms with Gasteiger partial charge in [-0.25, -0.2) is 0 Å². The summed E-state index contributed by atoms with van der Waals surface area (Å²) in [6.45, 7) is 4.04. The monoisotopic (exact) mass is 329 g/mol. The number of nitrogens with one attached hydrogen (secondary N) is 1. The molecule has 0 radical (unpaired) electrons. The average molecular weight is 329 g/mol. The number of rotatable bonds is 9. The van der Waals surface area contributed by atoms with Gasteiger partial charge in [0.15, 0.2) is 11.5 Å². The maximum atomic E-state index is 12.3. The van der Waals surface area contributed by atoms with Crippen LogP contribution < -0.4 is 5.32 Å². The van der Waals surface area contributed by atoms with E-state index >= 15 is 0 Å². The lowest BCUT2D eigenvalue weighted by molar-refractivity contribution is -0.122. The first-order valence-electron chi connectivity index (χ1n) is 8.53. The number of hydrogen-bond acceptors (Lipinski definition) is 6. The molecule has 0 saturated heterocycles. The van der Waals surface area contributed by atoms with Crippen molar-refractivity contribution in [1.82, 2.24) is 15.5 Å². The van der Waals surface area contributed by atoms with Crippen molar-refractivity contribution in [3.63, 3.8) is 0 Å². The minimum Gasteiger partial charge on any atom is -0.344 e. The third-order valence-corrected chi connectivity index (χ3v) is 4.45. The normalized spacial score (nSPS) is 19.1. The van der Waals surface area contributed by atoms with Crippen LogP contribution in [-0.4, -0.2) is 21.7 Å². The first-order chi connectivity index (χ1) is 11.5. The molecule has 1 aromatic heterocycles. The van der Waals surface area contributed by atoms with Crippen LogP contribution in [0.4, 0.5) is 0 Å². The molecule has 1 fully saturated rings. The average Bonchev–Trinajstić information content (AvgIpc) is 3.49. The van der Waals surface area contributed by atoms with E-state index in [9.17, 15) is 4.79 Å². The molecule has 1 aliphatic heterocycles. The van der Waals surface area contributed by atoms with Crippen LogP contribution in [0.25, 0.3) is 0 Å². The van der Waals surface area contributed by atoms with Crippen LogP contribution in [0.15, 0.2) is 14.8 Å². The Hall–Kier alpha value is -2.23. The first-order valence-corrected chi connectivity index (χ1v) is 8.53. The zero-order valence-corrected chi connectivity index (χ0v) is 14.2. The summed E-state index contributed by atoms with van der Waals surface area (Å²) < 4.78 is 5.37. The Morgan fingerprint density at radius 3 is 2.75 bits per heavy atom. The molecule has 0 aromatic carbocycles. The molecular weight excluding hydrogens is 306 g/mol. The summed E-state index contributed by atoms with van der Waals surface area (Å²) in [6, 6.07) is -0.271. The summed E-state index contributed by atoms with van der Waals surface area (Å²) in [6.07, 6.45) is 9.77. The molecule has 1 unspecified atom stereocenters. The number of hydrogen-bond donors (Lipinski definition) is 1. The fourth-order valence-corrected chi connectivity index (χ4v) is 2.62. The quantitative estimate of drug-likeness (QED) is 0.704. The van der Waals surface area contributed by atoms with Crippen molar-refractivity contribution in [2.75, 3.05) is 0 Å². The molecule has 1 saturated carbocycles. The summed E-state index contributed by atoms with van der Waals surface area (Å²) >= 11 is 0. The predicted molar refractivity (Wildman–Crippen MR) is 86.9 cm³/mol. The van der Waals surface area contributed by atoms with Crippen LogP contribution in [0.1, 0.15) is 76.0 Å². The molecule has 24 heavy (non-hydrogen) atoms. The van der Waals surface area contributed by atoms with E-state index in [0.717, 1.165) is 18.7 Å². The van der Waals surface area contributed by atoms with E-state index in [2.05, 4.69) is 31.6 Å². The molecule has 0 spiro atoms. The minimum atomic E-state index is -0.430. The van der Waals surface area contributed by atoms with Gasteiger partial charge in [0, 0.05) is 31.6 Å². The van der Waals surface area contributed by atoms with Gasteiger partial charge in [0.2, 0.25) is 11.8 Å². The van der Waals surface area contributed by atoms with Crippen LogP contribution in [0.5, 0.6) is 0 Å². The van der Waals surface area contributed by atoms with Gasteiger partial charge < -0.3 is 9.84 Å². The summed E-state index contributed by atoms with van der Waals surface area (Å²) in [5.74, 6) is 4.37. The van der Waals surface area contributed by atoms with Crippen LogP contribution in [-0.2, 0) is 4.79 Å². The van der Waals surface area contributed by atoms with Gasteiger partial charge in [-0.2, -0.15) is 15.2 Å². The zero-order chi connectivity index (χ0) is 17.2. The van der Waals surface area contributed by atoms with Gasteiger partial charge in [0.25, 0.3) is 0 Å². The Balaban J connectivity index is 1.53. The lowest BCUT2D eigenvalue weighted by Crippen LogP contribution is -2.32. The molecule has 1 aromatic rings. The lowest BCUT2D eigenvalue weighted by Gasteiger charge is -2.19. The third-order valence-electron chi connectivity index (χ3n) is 4.45. The molecule has 1 atom stereocenters. The fourth-order valence-electron chi connectivity index (χ4n) is 2.62. The number of amides is 1. The lowest BCUT2D eigenvalue weighted by atomic mass is 10.0. The number of carbonyl (C=O) groups excluding carboxylic acids is 1. The molecule has 0 bridgehead atoms. The SMILES string of the molecule is C#CCCC1(CCC(=O)NC(c2nc(C3CC3)no2)C(C)C)N=N1. The second kappa shape index (κ2) is 6.71. The second-order valence-corrected chi connectivity index (χ2v) is 6.94. The van der Waals surface area contributed by atoms with E-state index in [1.54, 1.807) is 0 Å². The number of nitrogens with zero attached hydrogens (tertiary/aromatic N) is 4. The Kier molecular flexibility index (Phi) is 4.65. The molecule has 2 heterocycles. The number of terminal acetylenes is 1. The highest BCUT2D eigenvalue weighted by atomic mass is 16.5. The Labute approximate surface area is 141 Å². The molecule has 3 rings (SSSR count). The maximum absolute atomic E-state index is 12.3. The largest absolute Gasteiger partial charge is 0.344 e. The summed E-state index contributed by atoms with van der Waals surface area (Å²) in [5, 5.41) is 15.1. The minimum absolute atomic E-state index is 0.0581. The molecule has 1 aliphatic carbocycles. The topological polar surface area (TPSA) is 92.7 Å². The van der Waals surface area contributed by atoms with Crippen molar-refractivity contribution in [3.8, 4) is 12.3 Å². The smallest absolute Gasteiger partial charge is 0.249 e. The Morgan fingerprint density at radius 2 is 2.17 bits per heavy atom. The zero-order valence-electron chi connectivity index (χ0n) is 14.2. The molecule has 2 aliphatic rings. The van der Waals surface area contributed by atoms with Crippen LogP contribution in [0.2, 0.25) is 0 Å². The van der Waals surface area contributed by atoms with Gasteiger partial charge in [-0.3, -0.25) is 4.79 Å². The van der Waals surface area contributed by atoms with Crippen molar-refractivity contribution in [1.29, 1.82) is 0 Å². The number of aromatic nitrogens is 2. The van der Waals surface area contributed by atoms with Gasteiger partial charge in [0.1, 0.15) is 6.04 Å². The van der Waals surface area contributed by atoms with E-state index in [4.69, 9.17) is 10.9 Å². The maximum Gasteiger partial charge on any atom is 0.249 e. The fraction of sp³-hybridized carbons (Fsp3) is 0.706. The van der Waals surface area contributed by atoms with E-state index in [0.29, 0.717) is 37.5 Å². The predicted octanol–water partition coefficient (Wildman–Crippen LogP) is 3.12. The van der Waals surface area contributed by atoms with Crippen LogP contribution >= 0.6 is 0 Å². The van der Waals surface area contributed by atoms with Crippen molar-refractivity contribution in [2.24, 2.45) is 16.1 Å². The Bertz CT molecular complexity index is 663. The van der Waals surface area contributed by atoms with Crippen molar-refractivity contribution in [2.45, 2.75) is 70.0 Å². The summed E-state index contributed by atoms with van der Waals surface area (Å²) in [4.78, 5) is 16.8. The summed E-state index contributed by atoms with van der Waals surface area (Å²) in [7, 11) is 0. The van der Waals surface area contributed by atoms with Crippen LogP contribution in [0.3, 0.4) is 0 Å². The van der Waals surface area contributed by atoms with Gasteiger partial charge in [-0.15, -0.1) is 12.3 Å². The highest BCUT2D eigenvalue weighted by Gasteiger charge is 2.39. The van der Waals surface area contributed by atoms with E-state index < -0.39 is 5.66 Å². The third kappa shape index (κ3) is 3.99. The van der Waals surface area contributed by atoms with Gasteiger partial charge in [-0.05, 0) is 18.8 Å². The molecule has 7 nitrogen and oxygen atoms in total. The first kappa shape index (κ1) is 16.6. The van der Waals surface area contributed by atoms with Crippen molar-refractivity contribution in [3.05, 3.63) is 11.7 Å². The van der Waals surface area contributed by atoms with E-state index in [1.165, 1.54) is 0 Å². The van der Waals surface area contributed by atoms with Gasteiger partial charge in [0.05, 0.1) is 0 Å². The Morgan fingerprint density at radius 1 is 1.42 bits per heavy atom. The molecule has 128 valence electrons. The van der Waals surface area contributed by atoms with Gasteiger partial charge >= 0.3 is 0 Å². The molecule has 1 amide bonds. The molecular formula is C17H23N5O2. The summed E-state index contributed by atoms with van der Waals surface area (Å²) in [5.41, 5.74) is -0.430. The number of carbonyl (C=O) groups is 1. The standard InChI is InChI=1S/C17H23N5O2/c1-4-5-9-17(21-22-17)10-8-13(23)18-14(11(2)3)16-19-15(20-24-16)12-6-7-12/h1,11-12,14H,5-10H2,2-3H3,(H,18,23). The van der Waals surface area contributed by atoms with Crippen molar-refractivity contribution >= 4 is 5.91 Å². The van der Waals surface area contributed by atoms with Gasteiger partial charge in [-0.1, -0.05) is 19.0 Å². The van der Waals surface area contributed by atoms with Crippen LogP contribution in [0, 0.1) is 18.3 Å². The highest BCUT2D eigenvalue weighted by Crippen LogP contribution is 2.39.